The second-order valence-electron chi connectivity index (χ2n) is 28.2. The van der Waals surface area contributed by atoms with Crippen LogP contribution in [0.1, 0.15) is 128 Å². The van der Waals surface area contributed by atoms with Crippen molar-refractivity contribution < 1.29 is 66.9 Å². The third-order valence-electron chi connectivity index (χ3n) is 19.2. The number of hydrogen-bond acceptors (Lipinski definition) is 20. The number of aromatic nitrogens is 2. The average Bonchev–Trinajstić information content (AvgIpc) is 1.10. The van der Waals surface area contributed by atoms with Gasteiger partial charge in [-0.25, -0.2) is 9.97 Å². The number of anilines is 1. The average molecular weight is 1540 g/mol. The first-order chi connectivity index (χ1) is 51.5. The molecule has 2 aliphatic heterocycles. The Bertz CT molecular complexity index is 3780. The summed E-state index contributed by atoms with van der Waals surface area (Å²) in [5, 5.41) is 22.8. The number of likely N-dealkylation sites (N-methyl/N-ethyl adjacent to an activating group) is 2. The number of carbonyl (C=O) groups excluding carboxylic acids is 10. The van der Waals surface area contributed by atoms with E-state index in [0.29, 0.717) is 59.5 Å². The Balaban J connectivity index is 0.916. The van der Waals surface area contributed by atoms with E-state index in [2.05, 4.69) is 59.4 Å². The Morgan fingerprint density at radius 2 is 1.34 bits per heavy atom. The van der Waals surface area contributed by atoms with Crippen LogP contribution in [-0.4, -0.2) is 226 Å². The number of amides is 10. The summed E-state index contributed by atoms with van der Waals surface area (Å²) in [4.78, 5) is 155. The van der Waals surface area contributed by atoms with Gasteiger partial charge in [-0.2, -0.15) is 0 Å². The molecule has 3 aromatic rings. The van der Waals surface area contributed by atoms with E-state index in [9.17, 15) is 53.5 Å². The van der Waals surface area contributed by atoms with E-state index in [1.165, 1.54) is 37.9 Å². The molecule has 590 valence electrons. The van der Waals surface area contributed by atoms with Crippen molar-refractivity contribution in [2.24, 2.45) is 34.5 Å². The van der Waals surface area contributed by atoms with Gasteiger partial charge in [0.15, 0.2) is 0 Å². The fourth-order valence-electron chi connectivity index (χ4n) is 13.2. The number of fused-ring (bicyclic) bond motifs is 2. The zero-order valence-electron chi connectivity index (χ0n) is 64.6. The van der Waals surface area contributed by atoms with Crippen LogP contribution in [0, 0.1) is 23.7 Å². The Kier molecular flexibility index (Phi) is 36.0. The van der Waals surface area contributed by atoms with Crippen molar-refractivity contribution in [2.75, 3.05) is 86.7 Å². The van der Waals surface area contributed by atoms with Crippen LogP contribution >= 0.6 is 23.5 Å². The lowest BCUT2D eigenvalue weighted by Crippen LogP contribution is -2.59. The van der Waals surface area contributed by atoms with Gasteiger partial charge in [0.05, 0.1) is 97.9 Å². The number of thioether (sulfide) groups is 2. The van der Waals surface area contributed by atoms with Crippen molar-refractivity contribution in [3.63, 3.8) is 0 Å². The van der Waals surface area contributed by atoms with Gasteiger partial charge in [0.1, 0.15) is 24.2 Å². The Morgan fingerprint density at radius 3 is 1.94 bits per heavy atom. The smallest absolute Gasteiger partial charge is 0.251 e. The molecule has 0 saturated carbocycles. The van der Waals surface area contributed by atoms with Crippen molar-refractivity contribution in [3.8, 4) is 0 Å². The lowest BCUT2D eigenvalue weighted by molar-refractivity contribution is -0.148. The lowest BCUT2D eigenvalue weighted by atomic mass is 9.89. The minimum atomic E-state index is -1.47. The summed E-state index contributed by atoms with van der Waals surface area (Å²) >= 11 is 3.43. The van der Waals surface area contributed by atoms with Gasteiger partial charge in [-0.05, 0) is 119 Å². The first-order valence-corrected chi connectivity index (χ1v) is 38.7. The van der Waals surface area contributed by atoms with Gasteiger partial charge >= 0.3 is 0 Å². The summed E-state index contributed by atoms with van der Waals surface area (Å²) in [7, 11) is 8.34. The van der Waals surface area contributed by atoms with Crippen LogP contribution < -0.4 is 43.0 Å². The van der Waals surface area contributed by atoms with Crippen LogP contribution in [0.4, 0.5) is 5.69 Å². The molecule has 12 atom stereocenters. The number of primary amides is 1. The lowest BCUT2D eigenvalue weighted by Gasteiger charge is -2.41. The van der Waals surface area contributed by atoms with Crippen molar-refractivity contribution in [2.45, 2.75) is 179 Å². The second-order valence-corrected chi connectivity index (χ2v) is 30.2. The van der Waals surface area contributed by atoms with Gasteiger partial charge in [-0.3, -0.25) is 52.8 Å². The van der Waals surface area contributed by atoms with Gasteiger partial charge in [-0.1, -0.05) is 96.4 Å². The van der Waals surface area contributed by atoms with E-state index in [4.69, 9.17) is 34.6 Å². The van der Waals surface area contributed by atoms with Crippen molar-refractivity contribution in [3.05, 3.63) is 122 Å². The topological polar surface area (TPSA) is 402 Å². The molecule has 0 bridgehead atoms. The number of rotatable bonds is 41. The summed E-state index contributed by atoms with van der Waals surface area (Å²) in [6.07, 6.45) is 12.0. The molecule has 3 aliphatic rings. The predicted octanol–water partition coefficient (Wildman–Crippen LogP) is 6.15. The zero-order chi connectivity index (χ0) is 79.3. The second kappa shape index (κ2) is 44.0. The van der Waals surface area contributed by atoms with Crippen LogP contribution in [0.25, 0.3) is 21.5 Å². The van der Waals surface area contributed by atoms with Crippen molar-refractivity contribution in [1.82, 2.24) is 56.6 Å². The van der Waals surface area contributed by atoms with E-state index in [-0.39, 0.29) is 106 Å². The number of ether oxygens (including phenoxy) is 4. The summed E-state index contributed by atoms with van der Waals surface area (Å²) < 4.78 is 23.3. The zero-order valence-corrected chi connectivity index (χ0v) is 66.2. The number of carbonyl (C=O) groups is 10. The van der Waals surface area contributed by atoms with Crippen LogP contribution in [-0.2, 0) is 80.0 Å². The predicted molar refractivity (Wildman–Crippen MR) is 416 cm³/mol. The Hall–Kier alpha value is -8.75. The molecular weight excluding hydrogens is 1430 g/mol. The van der Waals surface area contributed by atoms with E-state index in [1.54, 1.807) is 89.8 Å². The number of likely N-dealkylation sites (tertiary alicyclic amines) is 1. The van der Waals surface area contributed by atoms with Gasteiger partial charge in [0.25, 0.3) is 5.91 Å². The molecule has 32 heteroatoms. The summed E-state index contributed by atoms with van der Waals surface area (Å²) in [6, 6.07) is 4.87. The molecule has 1 fully saturated rings. The largest absolute Gasteiger partial charge is 0.379 e. The summed E-state index contributed by atoms with van der Waals surface area (Å²) in [6.45, 7) is 17.2. The standard InChI is InChI=1S/C76H110N16O14S2/c1-15-46(6)68(91(12)76(102)66(44(2)3)88-75(101)67(45(4)5)90(10)11)60(103-13)40-65(95)92-32-20-21-59(92)69(104-14)47(7)70(96)84-53(41-80-89-78)37-50-24-27-52(28-25-50)83-74(100)56(39-63(77)93)87-72(98)49(9)82-71(97)48(8)81-64(94)30-33-105-35-36-106-34-31-79-73(99)51-26-29-54-55(38-51)86-58-43-108-62-23-19-17-16-18-22-61(62)107-42-57(58)85-54/h16-19,22-29,38,44-49,53,56,59-60,66-69H,15,20-21,30-37,39-43H2,1-14H3,(H2,77,93)(H,79,99)(H,81,94)(H,82,97)(H,83,100)(H,84,96)(H,87,98)(H,88,101)/b17-16+,18-16?,19-17?,22-18-,23-19-,61-22?,62-23?,62-61+/t46-,47+,48-,49-,53-,56-,59-,60+,66-,67-,68-,69+/m0/s1. The highest BCUT2D eigenvalue weighted by Gasteiger charge is 2.44. The molecule has 0 radical (unpaired) electrons. The highest BCUT2D eigenvalue weighted by molar-refractivity contribution is 8.06. The SMILES string of the molecule is CC[C@H](C)[C@@H]([C@@H](CC(=O)N1CCC[C@H]1[C@H](OC)[C@@H](C)C(=O)N[C@H](CN=[N+]=[N-])Cc1ccc(NC(=O)[C@H](CC(N)=O)NC(=O)[C@H](C)NC(=O)[C@H](C)NC(=O)CCOCCOCCNC(=O)c2ccc3nc4c(nc3c2)CSC2=C(\C=C/C=C/C=C\2)SC4)cc1)OC)N(C)C(=O)[C@@H](NC(=O)[C@H](C(C)C)N(C)C)C(C)C. The summed E-state index contributed by atoms with van der Waals surface area (Å²) in [5.74, 6) is -5.08. The fourth-order valence-corrected chi connectivity index (χ4v) is 15.4. The minimum Gasteiger partial charge on any atom is -0.379 e. The number of allylic oxidation sites excluding steroid dienone is 6. The molecule has 2 aromatic carbocycles. The number of nitrogens with two attached hydrogens (primary N) is 1. The molecule has 1 aliphatic carbocycles. The van der Waals surface area contributed by atoms with E-state index < -0.39 is 108 Å². The highest BCUT2D eigenvalue weighted by atomic mass is 32.2. The number of nitrogens with one attached hydrogen (secondary N) is 7. The molecule has 30 nitrogen and oxygen atoms in total. The van der Waals surface area contributed by atoms with E-state index in [0.717, 1.165) is 11.4 Å². The van der Waals surface area contributed by atoms with Gasteiger partial charge in [-0.15, -0.1) is 23.5 Å². The molecule has 3 heterocycles. The maximum atomic E-state index is 14.5. The Labute approximate surface area is 641 Å². The normalized spacial score (nSPS) is 18.8. The maximum Gasteiger partial charge on any atom is 0.251 e. The van der Waals surface area contributed by atoms with E-state index in [1.807, 2.05) is 84.8 Å². The number of nitrogens with zero attached hydrogens (tertiary/aromatic N) is 8. The molecule has 9 N–H and O–H groups in total. The third kappa shape index (κ3) is 26.3. The first-order valence-electron chi connectivity index (χ1n) is 36.7. The first kappa shape index (κ1) is 88.2. The van der Waals surface area contributed by atoms with E-state index >= 15 is 0 Å². The summed E-state index contributed by atoms with van der Waals surface area (Å²) in [5.41, 5.74) is 19.4. The molecule has 0 spiro atoms. The molecule has 0 unspecified atom stereocenters. The Morgan fingerprint density at radius 1 is 0.713 bits per heavy atom. The number of azide groups is 1. The van der Waals surface area contributed by atoms with Crippen LogP contribution in [0.3, 0.4) is 0 Å². The maximum absolute atomic E-state index is 14.5. The number of hydrogen-bond donors (Lipinski definition) is 8. The fraction of sp³-hybridized carbons (Fsp3) is 0.579. The van der Waals surface area contributed by atoms with Gasteiger partial charge in [0, 0.05) is 90.8 Å². The molecule has 10 amide bonds. The van der Waals surface area contributed by atoms with Gasteiger partial charge in [0.2, 0.25) is 53.2 Å². The van der Waals surface area contributed by atoms with Crippen LogP contribution in [0.5, 0.6) is 0 Å². The molecule has 1 saturated heterocycles. The molecule has 108 heavy (non-hydrogen) atoms. The monoisotopic (exact) mass is 1530 g/mol. The highest BCUT2D eigenvalue weighted by Crippen LogP contribution is 2.38. The molecular formula is C76H110N16O14S2. The third-order valence-corrected chi connectivity index (χ3v) is 21.5. The molecule has 6 rings (SSSR count). The van der Waals surface area contributed by atoms with Crippen molar-refractivity contribution >= 4 is 99.3 Å². The minimum absolute atomic E-state index is 0.0125. The van der Waals surface area contributed by atoms with Crippen LogP contribution in [0.2, 0.25) is 0 Å². The number of benzene rings is 2. The molecule has 1 aromatic heterocycles. The van der Waals surface area contributed by atoms with Crippen LogP contribution in [0.15, 0.2) is 93.8 Å². The van der Waals surface area contributed by atoms with Crippen molar-refractivity contribution in [1.29, 1.82) is 0 Å². The quantitative estimate of drug-likeness (QED) is 0.0137. The number of methoxy groups -OCH3 is 2. The van der Waals surface area contributed by atoms with Gasteiger partial charge < -0.3 is 71.7 Å².